The lowest BCUT2D eigenvalue weighted by atomic mass is 9.98. The Morgan fingerprint density at radius 3 is 2.39 bits per heavy atom. The first kappa shape index (κ1) is 20.5. The highest BCUT2D eigenvalue weighted by Gasteiger charge is 2.30. The van der Waals surface area contributed by atoms with Crippen molar-refractivity contribution in [3.63, 3.8) is 0 Å². The largest absolute Gasteiger partial charge is 0.416 e. The molecule has 0 fully saturated rings. The lowest BCUT2D eigenvalue weighted by Crippen LogP contribution is -2.19. The molecule has 0 spiro atoms. The van der Waals surface area contributed by atoms with Crippen molar-refractivity contribution in [3.8, 4) is 11.1 Å². The second-order valence-corrected chi connectivity index (χ2v) is 7.16. The molecule has 4 aromatic rings. The summed E-state index contributed by atoms with van der Waals surface area (Å²) in [6.07, 6.45) is -1.39. The van der Waals surface area contributed by atoms with E-state index in [1.54, 1.807) is 16.7 Å². The molecule has 0 saturated heterocycles. The molecule has 4 nitrogen and oxygen atoms in total. The SMILES string of the molecule is CC(=O)c1cn(Cc2ccccc2-c2ccc(C(F)(F)F)cc2)c2cccnc2c1=O. The van der Waals surface area contributed by atoms with Crippen molar-refractivity contribution in [2.75, 3.05) is 0 Å². The van der Waals surface area contributed by atoms with Gasteiger partial charge in [-0.2, -0.15) is 13.2 Å². The number of alkyl halides is 3. The molecule has 156 valence electrons. The zero-order chi connectivity index (χ0) is 22.2. The Balaban J connectivity index is 1.82. The molecular weight excluding hydrogens is 405 g/mol. The molecule has 0 unspecified atom stereocenters. The van der Waals surface area contributed by atoms with Crippen molar-refractivity contribution in [1.29, 1.82) is 0 Å². The molecule has 0 bridgehead atoms. The number of carbonyl (C=O) groups excluding carboxylic acids is 1. The van der Waals surface area contributed by atoms with Crippen molar-refractivity contribution in [1.82, 2.24) is 9.55 Å². The summed E-state index contributed by atoms with van der Waals surface area (Å²) in [4.78, 5) is 28.7. The summed E-state index contributed by atoms with van der Waals surface area (Å²) in [7, 11) is 0. The fraction of sp³-hybridized carbons (Fsp3) is 0.125. The molecule has 0 atom stereocenters. The van der Waals surface area contributed by atoms with E-state index in [0.717, 1.165) is 23.3 Å². The van der Waals surface area contributed by atoms with Gasteiger partial charge in [-0.25, -0.2) is 0 Å². The molecule has 0 radical (unpaired) electrons. The zero-order valence-corrected chi connectivity index (χ0v) is 16.5. The number of aromatic nitrogens is 2. The average molecular weight is 422 g/mol. The van der Waals surface area contributed by atoms with Crippen LogP contribution in [0, 0.1) is 0 Å². The number of nitrogens with zero attached hydrogens (tertiary/aromatic N) is 2. The number of ketones is 1. The second kappa shape index (κ2) is 7.83. The van der Waals surface area contributed by atoms with Gasteiger partial charge in [0.15, 0.2) is 5.78 Å². The molecule has 0 aliphatic carbocycles. The van der Waals surface area contributed by atoms with E-state index in [1.165, 1.54) is 31.5 Å². The molecule has 0 amide bonds. The highest BCUT2D eigenvalue weighted by atomic mass is 19.4. The maximum Gasteiger partial charge on any atom is 0.416 e. The lowest BCUT2D eigenvalue weighted by molar-refractivity contribution is -0.137. The van der Waals surface area contributed by atoms with Crippen LogP contribution in [-0.2, 0) is 12.7 Å². The van der Waals surface area contributed by atoms with Gasteiger partial charge in [0.25, 0.3) is 0 Å². The molecule has 0 N–H and O–H groups in total. The minimum absolute atomic E-state index is 0.0400. The molecule has 0 aliphatic heterocycles. The van der Waals surface area contributed by atoms with E-state index in [9.17, 15) is 22.8 Å². The summed E-state index contributed by atoms with van der Waals surface area (Å²) in [6.45, 7) is 1.63. The zero-order valence-electron chi connectivity index (χ0n) is 16.5. The van der Waals surface area contributed by atoms with Gasteiger partial charge in [-0.15, -0.1) is 0 Å². The molecule has 0 saturated carbocycles. The number of Topliss-reactive ketones (excluding diaryl/α,β-unsaturated/α-hetero) is 1. The van der Waals surface area contributed by atoms with Gasteiger partial charge in [-0.1, -0.05) is 36.4 Å². The van der Waals surface area contributed by atoms with Gasteiger partial charge in [0.05, 0.1) is 16.6 Å². The van der Waals surface area contributed by atoms with Crippen molar-refractivity contribution in [2.24, 2.45) is 0 Å². The summed E-state index contributed by atoms with van der Waals surface area (Å²) in [5, 5.41) is 0. The summed E-state index contributed by atoms with van der Waals surface area (Å²) in [6, 6.07) is 15.8. The van der Waals surface area contributed by atoms with Crippen LogP contribution in [0.3, 0.4) is 0 Å². The highest BCUT2D eigenvalue weighted by Crippen LogP contribution is 2.32. The maximum absolute atomic E-state index is 12.9. The predicted octanol–water partition coefficient (Wildman–Crippen LogP) is 5.33. The Labute approximate surface area is 175 Å². The molecule has 7 heteroatoms. The van der Waals surface area contributed by atoms with Crippen LogP contribution < -0.4 is 5.43 Å². The Bertz CT molecular complexity index is 1340. The third-order valence-electron chi connectivity index (χ3n) is 5.10. The second-order valence-electron chi connectivity index (χ2n) is 7.16. The minimum atomic E-state index is -4.40. The molecule has 2 aromatic carbocycles. The summed E-state index contributed by atoms with van der Waals surface area (Å²) in [5.74, 6) is -0.359. The van der Waals surface area contributed by atoms with Crippen molar-refractivity contribution >= 4 is 16.8 Å². The minimum Gasteiger partial charge on any atom is -0.341 e. The topological polar surface area (TPSA) is 52.0 Å². The van der Waals surface area contributed by atoms with Crippen LogP contribution >= 0.6 is 0 Å². The van der Waals surface area contributed by atoms with E-state index >= 15 is 0 Å². The quantitative estimate of drug-likeness (QED) is 0.418. The molecule has 2 heterocycles. The first-order chi connectivity index (χ1) is 14.8. The number of rotatable bonds is 4. The Hall–Kier alpha value is -3.74. The van der Waals surface area contributed by atoms with Crippen LogP contribution in [-0.4, -0.2) is 15.3 Å². The molecule has 4 rings (SSSR count). The number of halogens is 3. The van der Waals surface area contributed by atoms with E-state index in [2.05, 4.69) is 4.98 Å². The van der Waals surface area contributed by atoms with Crippen molar-refractivity contribution < 1.29 is 18.0 Å². The van der Waals surface area contributed by atoms with Crippen LogP contribution in [0.4, 0.5) is 13.2 Å². The van der Waals surface area contributed by atoms with Gasteiger partial charge in [-0.3, -0.25) is 14.6 Å². The number of pyridine rings is 2. The van der Waals surface area contributed by atoms with Crippen molar-refractivity contribution in [2.45, 2.75) is 19.6 Å². The van der Waals surface area contributed by atoms with E-state index in [1.807, 2.05) is 24.3 Å². The van der Waals surface area contributed by atoms with E-state index in [-0.39, 0.29) is 16.9 Å². The lowest BCUT2D eigenvalue weighted by Gasteiger charge is -2.16. The first-order valence-corrected chi connectivity index (χ1v) is 9.50. The van der Waals surface area contributed by atoms with Crippen LogP contribution in [0.15, 0.2) is 77.9 Å². The van der Waals surface area contributed by atoms with Gasteiger partial charge in [-0.05, 0) is 47.9 Å². The monoisotopic (exact) mass is 422 g/mol. The van der Waals surface area contributed by atoms with Gasteiger partial charge < -0.3 is 4.57 Å². The predicted molar refractivity (Wildman–Crippen MR) is 112 cm³/mol. The van der Waals surface area contributed by atoms with Crippen LogP contribution in [0.5, 0.6) is 0 Å². The van der Waals surface area contributed by atoms with Crippen molar-refractivity contribution in [3.05, 3.63) is 100.0 Å². The average Bonchev–Trinajstić information content (AvgIpc) is 2.75. The number of carbonyl (C=O) groups is 1. The summed E-state index contributed by atoms with van der Waals surface area (Å²) >= 11 is 0. The molecule has 2 aromatic heterocycles. The van der Waals surface area contributed by atoms with E-state index in [0.29, 0.717) is 17.6 Å². The number of hydrogen-bond acceptors (Lipinski definition) is 3. The number of hydrogen-bond donors (Lipinski definition) is 0. The Kier molecular flexibility index (Phi) is 5.19. The molecular formula is C24H17F3N2O2. The fourth-order valence-corrected chi connectivity index (χ4v) is 3.56. The maximum atomic E-state index is 12.9. The van der Waals surface area contributed by atoms with E-state index in [4.69, 9.17) is 0 Å². The Morgan fingerprint density at radius 1 is 1.00 bits per heavy atom. The normalized spacial score (nSPS) is 11.6. The van der Waals surface area contributed by atoms with Crippen LogP contribution in [0.1, 0.15) is 28.4 Å². The molecule has 31 heavy (non-hydrogen) atoms. The highest BCUT2D eigenvalue weighted by molar-refractivity contribution is 5.96. The number of benzene rings is 2. The smallest absolute Gasteiger partial charge is 0.341 e. The third-order valence-corrected chi connectivity index (χ3v) is 5.10. The summed E-state index contributed by atoms with van der Waals surface area (Å²) in [5.41, 5.74) is 1.90. The van der Waals surface area contributed by atoms with Crippen LogP contribution in [0.25, 0.3) is 22.2 Å². The van der Waals surface area contributed by atoms with Gasteiger partial charge in [0.2, 0.25) is 5.43 Å². The van der Waals surface area contributed by atoms with Gasteiger partial charge in [0, 0.05) is 18.9 Å². The number of fused-ring (bicyclic) bond motifs is 1. The standard InChI is InChI=1S/C24H17F3N2O2/c1-15(30)20-14-29(21-7-4-12-28-22(21)23(20)31)13-17-5-2-3-6-19(17)16-8-10-18(11-9-16)24(25,26)27/h2-12,14H,13H2,1H3. The fourth-order valence-electron chi connectivity index (χ4n) is 3.56. The Morgan fingerprint density at radius 2 is 1.71 bits per heavy atom. The van der Waals surface area contributed by atoms with E-state index < -0.39 is 17.2 Å². The first-order valence-electron chi connectivity index (χ1n) is 9.50. The van der Waals surface area contributed by atoms with Crippen LogP contribution in [0.2, 0.25) is 0 Å². The third kappa shape index (κ3) is 3.99. The van der Waals surface area contributed by atoms with Gasteiger partial charge >= 0.3 is 6.18 Å². The van der Waals surface area contributed by atoms with Gasteiger partial charge in [0.1, 0.15) is 5.52 Å². The summed E-state index contributed by atoms with van der Waals surface area (Å²) < 4.78 is 40.5. The molecule has 0 aliphatic rings.